The molecule has 17 heavy (non-hydrogen) atoms. The van der Waals surface area contributed by atoms with E-state index in [9.17, 15) is 9.18 Å². The molecule has 0 radical (unpaired) electrons. The molecule has 3 aromatic rings. The van der Waals surface area contributed by atoms with Gasteiger partial charge in [-0.05, 0) is 24.3 Å². The van der Waals surface area contributed by atoms with Crippen molar-refractivity contribution in [3.8, 4) is 11.4 Å². The number of fused-ring (bicyclic) bond motifs is 1. The maximum Gasteiger partial charge on any atom is 0.292 e. The first kappa shape index (κ1) is 9.71. The summed E-state index contributed by atoms with van der Waals surface area (Å²) in [6.45, 7) is 0. The van der Waals surface area contributed by atoms with E-state index in [4.69, 9.17) is 0 Å². The zero-order chi connectivity index (χ0) is 11.8. The third-order valence-corrected chi connectivity index (χ3v) is 2.42. The van der Waals surface area contributed by atoms with Crippen LogP contribution in [0.1, 0.15) is 0 Å². The van der Waals surface area contributed by atoms with E-state index in [0.29, 0.717) is 22.4 Å². The molecule has 0 saturated heterocycles. The van der Waals surface area contributed by atoms with E-state index in [-0.39, 0.29) is 11.4 Å². The van der Waals surface area contributed by atoms with Crippen molar-refractivity contribution >= 4 is 11.0 Å². The lowest BCUT2D eigenvalue weighted by Crippen LogP contribution is -2.06. The first-order valence-corrected chi connectivity index (χ1v) is 4.93. The van der Waals surface area contributed by atoms with E-state index in [1.165, 1.54) is 18.3 Å². The molecule has 0 aliphatic rings. The van der Waals surface area contributed by atoms with Crippen molar-refractivity contribution in [1.82, 2.24) is 20.2 Å². The Labute approximate surface area is 94.3 Å². The second-order valence-corrected chi connectivity index (χ2v) is 3.55. The van der Waals surface area contributed by atoms with Crippen LogP contribution < -0.4 is 5.56 Å². The Morgan fingerprint density at radius 3 is 2.65 bits per heavy atom. The SMILES string of the molecule is O=c1[nH]ncc2[nH]c(-c3ccc(F)cc3)nc12. The van der Waals surface area contributed by atoms with Crippen LogP contribution >= 0.6 is 0 Å². The molecule has 2 heterocycles. The highest BCUT2D eigenvalue weighted by molar-refractivity contribution is 5.77. The number of halogens is 1. The number of aromatic nitrogens is 4. The van der Waals surface area contributed by atoms with E-state index in [1.807, 2.05) is 0 Å². The van der Waals surface area contributed by atoms with Crippen molar-refractivity contribution < 1.29 is 4.39 Å². The van der Waals surface area contributed by atoms with Gasteiger partial charge in [0.05, 0.1) is 11.7 Å². The van der Waals surface area contributed by atoms with Crippen LogP contribution in [-0.2, 0) is 0 Å². The van der Waals surface area contributed by atoms with Crippen LogP contribution in [0.15, 0.2) is 35.3 Å². The molecule has 5 nitrogen and oxygen atoms in total. The van der Waals surface area contributed by atoms with Crippen LogP contribution in [0.4, 0.5) is 4.39 Å². The molecule has 0 amide bonds. The van der Waals surface area contributed by atoms with Crippen LogP contribution in [0.5, 0.6) is 0 Å². The lowest BCUT2D eigenvalue weighted by molar-refractivity contribution is 0.628. The molecule has 0 spiro atoms. The zero-order valence-corrected chi connectivity index (χ0v) is 8.57. The zero-order valence-electron chi connectivity index (χ0n) is 8.57. The molecular weight excluding hydrogens is 223 g/mol. The van der Waals surface area contributed by atoms with E-state index in [2.05, 4.69) is 20.2 Å². The number of hydrogen-bond acceptors (Lipinski definition) is 3. The molecule has 0 fully saturated rings. The van der Waals surface area contributed by atoms with Crippen LogP contribution in [0.3, 0.4) is 0 Å². The summed E-state index contributed by atoms with van der Waals surface area (Å²) in [5, 5.41) is 5.96. The Hall–Kier alpha value is -2.50. The van der Waals surface area contributed by atoms with Crippen molar-refractivity contribution in [2.24, 2.45) is 0 Å². The number of aromatic amines is 2. The molecule has 2 aromatic heterocycles. The normalized spacial score (nSPS) is 10.9. The third kappa shape index (κ3) is 1.59. The molecule has 0 saturated carbocycles. The molecule has 0 bridgehead atoms. The van der Waals surface area contributed by atoms with Crippen molar-refractivity contribution in [2.45, 2.75) is 0 Å². The minimum Gasteiger partial charge on any atom is -0.336 e. The Balaban J connectivity index is 2.21. The number of rotatable bonds is 1. The molecule has 6 heteroatoms. The summed E-state index contributed by atoms with van der Waals surface area (Å²) in [5.41, 5.74) is 1.20. The molecular formula is C11H7FN4O. The van der Waals surface area contributed by atoms with Gasteiger partial charge in [0.25, 0.3) is 5.56 Å². The Bertz CT molecular complexity index is 729. The first-order chi connectivity index (χ1) is 8.24. The summed E-state index contributed by atoms with van der Waals surface area (Å²) in [6.07, 6.45) is 1.48. The molecule has 84 valence electrons. The fourth-order valence-corrected chi connectivity index (χ4v) is 1.61. The molecule has 0 atom stereocenters. The highest BCUT2D eigenvalue weighted by Gasteiger charge is 2.07. The molecule has 0 aliphatic heterocycles. The van der Waals surface area contributed by atoms with Gasteiger partial charge in [-0.15, -0.1) is 0 Å². The number of benzene rings is 1. The van der Waals surface area contributed by atoms with E-state index in [0.717, 1.165) is 0 Å². The van der Waals surface area contributed by atoms with Crippen molar-refractivity contribution in [2.75, 3.05) is 0 Å². The maximum atomic E-state index is 12.8. The first-order valence-electron chi connectivity index (χ1n) is 4.93. The predicted molar refractivity (Wildman–Crippen MR) is 59.9 cm³/mol. The Morgan fingerprint density at radius 1 is 1.18 bits per heavy atom. The lowest BCUT2D eigenvalue weighted by Gasteiger charge is -1.94. The van der Waals surface area contributed by atoms with Gasteiger partial charge in [-0.2, -0.15) is 5.10 Å². The quantitative estimate of drug-likeness (QED) is 0.664. The number of H-pyrrole nitrogens is 2. The third-order valence-electron chi connectivity index (χ3n) is 2.42. The summed E-state index contributed by atoms with van der Waals surface area (Å²) in [5.74, 6) is 0.197. The summed E-state index contributed by atoms with van der Waals surface area (Å²) >= 11 is 0. The number of nitrogens with zero attached hydrogens (tertiary/aromatic N) is 2. The van der Waals surface area contributed by atoms with Crippen molar-refractivity contribution in [3.05, 3.63) is 46.6 Å². The summed E-state index contributed by atoms with van der Waals surface area (Å²) < 4.78 is 12.8. The maximum absolute atomic E-state index is 12.8. The Kier molecular flexibility index (Phi) is 2.01. The van der Waals surface area contributed by atoms with Gasteiger partial charge in [-0.1, -0.05) is 0 Å². The van der Waals surface area contributed by atoms with Gasteiger partial charge in [-0.25, -0.2) is 14.5 Å². The molecule has 0 unspecified atom stereocenters. The standard InChI is InChI=1S/C11H7FN4O/c12-7-3-1-6(2-4-7)10-14-8-5-13-16-11(17)9(8)15-10/h1-5H,(H,14,15)(H,16,17). The second-order valence-electron chi connectivity index (χ2n) is 3.55. The summed E-state index contributed by atoms with van der Waals surface area (Å²) in [7, 11) is 0. The summed E-state index contributed by atoms with van der Waals surface area (Å²) in [6, 6.07) is 5.86. The van der Waals surface area contributed by atoms with Gasteiger partial charge in [0.1, 0.15) is 11.6 Å². The van der Waals surface area contributed by atoms with E-state index < -0.39 is 0 Å². The fourth-order valence-electron chi connectivity index (χ4n) is 1.61. The van der Waals surface area contributed by atoms with Gasteiger partial charge < -0.3 is 4.98 Å². The topological polar surface area (TPSA) is 74.4 Å². The molecule has 1 aromatic carbocycles. The highest BCUT2D eigenvalue weighted by Crippen LogP contribution is 2.18. The largest absolute Gasteiger partial charge is 0.336 e. The van der Waals surface area contributed by atoms with Gasteiger partial charge in [0, 0.05) is 5.56 Å². The molecule has 3 rings (SSSR count). The Morgan fingerprint density at radius 2 is 1.94 bits per heavy atom. The average Bonchev–Trinajstić information content (AvgIpc) is 2.75. The van der Waals surface area contributed by atoms with E-state index in [1.54, 1.807) is 12.1 Å². The van der Waals surface area contributed by atoms with Gasteiger partial charge in [0.15, 0.2) is 5.52 Å². The van der Waals surface area contributed by atoms with Crippen LogP contribution in [0.2, 0.25) is 0 Å². The minimum atomic E-state index is -0.355. The van der Waals surface area contributed by atoms with Crippen LogP contribution in [0, 0.1) is 5.82 Å². The smallest absolute Gasteiger partial charge is 0.292 e. The monoisotopic (exact) mass is 230 g/mol. The molecule has 2 N–H and O–H groups in total. The highest BCUT2D eigenvalue weighted by atomic mass is 19.1. The number of imidazole rings is 1. The second kappa shape index (κ2) is 3.51. The fraction of sp³-hybridized carbons (Fsp3) is 0. The van der Waals surface area contributed by atoms with Crippen molar-refractivity contribution in [1.29, 1.82) is 0 Å². The van der Waals surface area contributed by atoms with Gasteiger partial charge in [-0.3, -0.25) is 4.79 Å². The van der Waals surface area contributed by atoms with Crippen LogP contribution in [-0.4, -0.2) is 20.2 Å². The number of hydrogen-bond donors (Lipinski definition) is 2. The van der Waals surface area contributed by atoms with Crippen molar-refractivity contribution in [3.63, 3.8) is 0 Å². The van der Waals surface area contributed by atoms with E-state index >= 15 is 0 Å². The predicted octanol–water partition coefficient (Wildman–Crippen LogP) is 1.45. The minimum absolute atomic E-state index is 0.291. The van der Waals surface area contributed by atoms with Gasteiger partial charge in [0.2, 0.25) is 0 Å². The van der Waals surface area contributed by atoms with Crippen LogP contribution in [0.25, 0.3) is 22.4 Å². The average molecular weight is 230 g/mol. The lowest BCUT2D eigenvalue weighted by atomic mass is 10.2. The van der Waals surface area contributed by atoms with Gasteiger partial charge >= 0.3 is 0 Å². The number of nitrogens with one attached hydrogen (secondary N) is 2. The summed E-state index contributed by atoms with van der Waals surface area (Å²) in [4.78, 5) is 18.5. The molecule has 0 aliphatic carbocycles.